The highest BCUT2D eigenvalue weighted by Crippen LogP contribution is 2.52. The summed E-state index contributed by atoms with van der Waals surface area (Å²) in [4.78, 5) is 15.7. The number of pyridine rings is 1. The van der Waals surface area contributed by atoms with Crippen LogP contribution >= 0.6 is 7.60 Å². The normalized spacial score (nSPS) is 11.7. The van der Waals surface area contributed by atoms with Crippen LogP contribution in [0.2, 0.25) is 0 Å². The maximum absolute atomic E-state index is 12.7. The third-order valence-electron chi connectivity index (χ3n) is 3.07. The number of nitrogens with zero attached hydrogens (tertiary/aromatic N) is 1. The van der Waals surface area contributed by atoms with Crippen LogP contribution in [0.4, 0.5) is 0 Å². The molecule has 1 amide bonds. The Labute approximate surface area is 129 Å². The molecular weight excluding hydrogens is 303 g/mol. The number of primary amides is 1. The maximum atomic E-state index is 12.7. The van der Waals surface area contributed by atoms with Crippen molar-refractivity contribution in [2.75, 3.05) is 13.2 Å². The number of hydrogen-bond donors (Lipinski definition) is 1. The molecule has 0 bridgehead atoms. The molecule has 0 fully saturated rings. The van der Waals surface area contributed by atoms with Gasteiger partial charge in [-0.3, -0.25) is 9.36 Å². The monoisotopic (exact) mass is 322 g/mol. The van der Waals surface area contributed by atoms with Crippen LogP contribution in [0, 0.1) is 0 Å². The zero-order valence-corrected chi connectivity index (χ0v) is 13.5. The van der Waals surface area contributed by atoms with Gasteiger partial charge >= 0.3 is 7.60 Å². The molecule has 0 aliphatic heterocycles. The minimum Gasteiger partial charge on any atom is -0.364 e. The van der Waals surface area contributed by atoms with Crippen LogP contribution < -0.4 is 5.73 Å². The summed E-state index contributed by atoms with van der Waals surface area (Å²) < 4.78 is 23.4. The molecule has 0 atom stereocenters. The lowest BCUT2D eigenvalue weighted by molar-refractivity contribution is 0.0995. The summed E-state index contributed by atoms with van der Waals surface area (Å²) in [6.07, 6.45) is 0.0675. The highest BCUT2D eigenvalue weighted by molar-refractivity contribution is 7.53. The van der Waals surface area contributed by atoms with Gasteiger partial charge < -0.3 is 14.8 Å². The van der Waals surface area contributed by atoms with E-state index < -0.39 is 13.5 Å². The van der Waals surface area contributed by atoms with E-state index in [1.807, 2.05) is 18.2 Å². The van der Waals surface area contributed by atoms with Crippen LogP contribution in [0.3, 0.4) is 0 Å². The molecular formula is C15H19N2O4P. The summed E-state index contributed by atoms with van der Waals surface area (Å²) in [5.74, 6) is -0.630. The van der Waals surface area contributed by atoms with Crippen molar-refractivity contribution in [2.45, 2.75) is 20.0 Å². The quantitative estimate of drug-likeness (QED) is 0.791. The first-order valence-corrected chi connectivity index (χ1v) is 8.78. The fourth-order valence-electron chi connectivity index (χ4n) is 2.24. The fourth-order valence-corrected chi connectivity index (χ4v) is 3.96. The summed E-state index contributed by atoms with van der Waals surface area (Å²) in [6, 6.07) is 8.84. The van der Waals surface area contributed by atoms with E-state index in [-0.39, 0.29) is 25.1 Å². The fraction of sp³-hybridized carbons (Fsp3) is 0.333. The van der Waals surface area contributed by atoms with E-state index in [0.717, 1.165) is 5.39 Å². The summed E-state index contributed by atoms with van der Waals surface area (Å²) in [7, 11) is -3.28. The lowest BCUT2D eigenvalue weighted by Gasteiger charge is -2.18. The summed E-state index contributed by atoms with van der Waals surface area (Å²) in [6.45, 7) is 4.07. The minimum absolute atomic E-state index is 0.0675. The van der Waals surface area contributed by atoms with E-state index >= 15 is 0 Å². The second-order valence-electron chi connectivity index (χ2n) is 4.65. The van der Waals surface area contributed by atoms with Crippen LogP contribution in [0.25, 0.3) is 10.9 Å². The predicted octanol–water partition coefficient (Wildman–Crippen LogP) is 3.10. The number of benzene rings is 1. The number of carbonyl (C=O) groups is 1. The second-order valence-corrected chi connectivity index (χ2v) is 6.71. The van der Waals surface area contributed by atoms with Gasteiger partial charge in [0.1, 0.15) is 5.69 Å². The molecule has 118 valence electrons. The van der Waals surface area contributed by atoms with Gasteiger partial charge in [0.2, 0.25) is 0 Å². The van der Waals surface area contributed by atoms with Crippen LogP contribution in [0.15, 0.2) is 30.3 Å². The Kier molecular flexibility index (Phi) is 5.29. The zero-order chi connectivity index (χ0) is 16.2. The van der Waals surface area contributed by atoms with Gasteiger partial charge in [0.25, 0.3) is 5.91 Å². The van der Waals surface area contributed by atoms with Gasteiger partial charge in [-0.05, 0) is 31.5 Å². The lowest BCUT2D eigenvalue weighted by atomic mass is 10.1. The van der Waals surface area contributed by atoms with Crippen molar-refractivity contribution in [1.29, 1.82) is 0 Å². The molecule has 0 unspecified atom stereocenters. The molecule has 2 aromatic rings. The van der Waals surface area contributed by atoms with Gasteiger partial charge in [-0.1, -0.05) is 18.2 Å². The summed E-state index contributed by atoms with van der Waals surface area (Å²) >= 11 is 0. The Balaban J connectivity index is 2.53. The molecule has 0 spiro atoms. The van der Waals surface area contributed by atoms with E-state index in [4.69, 9.17) is 14.8 Å². The van der Waals surface area contributed by atoms with Crippen molar-refractivity contribution < 1.29 is 18.4 Å². The van der Waals surface area contributed by atoms with Gasteiger partial charge in [0.05, 0.1) is 24.9 Å². The van der Waals surface area contributed by atoms with Gasteiger partial charge in [0.15, 0.2) is 0 Å². The van der Waals surface area contributed by atoms with Gasteiger partial charge in [-0.25, -0.2) is 4.98 Å². The van der Waals surface area contributed by atoms with E-state index in [9.17, 15) is 9.36 Å². The van der Waals surface area contributed by atoms with Gasteiger partial charge in [0, 0.05) is 5.39 Å². The number of aromatic nitrogens is 1. The van der Waals surface area contributed by atoms with Crippen LogP contribution in [0.1, 0.15) is 29.9 Å². The average molecular weight is 322 g/mol. The first-order valence-electron chi connectivity index (χ1n) is 7.05. The largest absolute Gasteiger partial charge is 0.364 e. The smallest absolute Gasteiger partial charge is 0.335 e. The summed E-state index contributed by atoms with van der Waals surface area (Å²) in [5.41, 5.74) is 6.74. The Morgan fingerprint density at radius 2 is 1.86 bits per heavy atom. The molecule has 0 saturated carbocycles. The highest BCUT2D eigenvalue weighted by atomic mass is 31.2. The van der Waals surface area contributed by atoms with Crippen LogP contribution in [-0.2, 0) is 19.8 Å². The topological polar surface area (TPSA) is 91.5 Å². The Hall–Kier alpha value is -1.75. The third kappa shape index (κ3) is 3.71. The molecule has 2 rings (SSSR count). The molecule has 1 aromatic heterocycles. The molecule has 1 heterocycles. The first kappa shape index (κ1) is 16.6. The third-order valence-corrected chi connectivity index (χ3v) is 5.10. The van der Waals surface area contributed by atoms with E-state index in [0.29, 0.717) is 11.1 Å². The Morgan fingerprint density at radius 1 is 1.23 bits per heavy atom. The average Bonchev–Trinajstić information content (AvgIpc) is 2.47. The van der Waals surface area contributed by atoms with E-state index in [1.165, 1.54) is 0 Å². The summed E-state index contributed by atoms with van der Waals surface area (Å²) in [5, 5.41) is 0.798. The number of para-hydroxylation sites is 1. The highest BCUT2D eigenvalue weighted by Gasteiger charge is 2.26. The number of fused-ring (bicyclic) bond motifs is 1. The van der Waals surface area contributed by atoms with Gasteiger partial charge in [-0.15, -0.1) is 0 Å². The number of nitrogens with two attached hydrogens (primary N) is 1. The molecule has 22 heavy (non-hydrogen) atoms. The molecule has 1 aromatic carbocycles. The van der Waals surface area contributed by atoms with Crippen molar-refractivity contribution in [3.05, 3.63) is 41.6 Å². The molecule has 0 aliphatic rings. The molecule has 2 N–H and O–H groups in total. The molecule has 6 nitrogen and oxygen atoms in total. The van der Waals surface area contributed by atoms with E-state index in [1.54, 1.807) is 26.0 Å². The predicted molar refractivity (Wildman–Crippen MR) is 84.8 cm³/mol. The number of carbonyl (C=O) groups excluding carboxylic acids is 1. The van der Waals surface area contributed by atoms with Crippen molar-refractivity contribution in [3.8, 4) is 0 Å². The SMILES string of the molecule is CCOP(=O)(Cc1cc(C(N)=O)nc2ccccc12)OCC. The second kappa shape index (κ2) is 7.01. The first-order chi connectivity index (χ1) is 10.5. The number of hydrogen-bond acceptors (Lipinski definition) is 5. The number of amides is 1. The molecule has 0 saturated heterocycles. The number of rotatable bonds is 7. The lowest BCUT2D eigenvalue weighted by Crippen LogP contribution is -2.14. The van der Waals surface area contributed by atoms with Crippen LogP contribution in [0.5, 0.6) is 0 Å². The maximum Gasteiger partial charge on any atom is 0.335 e. The molecule has 0 radical (unpaired) electrons. The molecule has 0 aliphatic carbocycles. The van der Waals surface area contributed by atoms with Crippen molar-refractivity contribution in [1.82, 2.24) is 4.98 Å². The van der Waals surface area contributed by atoms with Crippen molar-refractivity contribution in [3.63, 3.8) is 0 Å². The minimum atomic E-state index is -3.28. The van der Waals surface area contributed by atoms with Gasteiger partial charge in [-0.2, -0.15) is 0 Å². The van der Waals surface area contributed by atoms with Crippen molar-refractivity contribution in [2.24, 2.45) is 5.73 Å². The Morgan fingerprint density at radius 3 is 2.45 bits per heavy atom. The zero-order valence-electron chi connectivity index (χ0n) is 12.6. The Bertz CT molecular complexity index is 723. The molecule has 7 heteroatoms. The standard InChI is InChI=1S/C15H19N2O4P/c1-3-20-22(19,21-4-2)10-11-9-14(15(16)18)17-13-8-6-5-7-12(11)13/h5-9H,3-4,10H2,1-2H3,(H2,16,18). The van der Waals surface area contributed by atoms with Crippen molar-refractivity contribution >= 4 is 24.4 Å². The van der Waals surface area contributed by atoms with Crippen LogP contribution in [-0.4, -0.2) is 24.1 Å². The van der Waals surface area contributed by atoms with E-state index in [2.05, 4.69) is 4.98 Å².